The molecule has 4 heteroatoms. The third kappa shape index (κ3) is 4.75. The summed E-state index contributed by atoms with van der Waals surface area (Å²) in [5, 5.41) is 0. The molecule has 0 fully saturated rings. The first-order valence-electron chi connectivity index (χ1n) is 6.20. The van der Waals surface area contributed by atoms with Crippen LogP contribution in [0.3, 0.4) is 0 Å². The molecule has 0 aliphatic rings. The third-order valence-electron chi connectivity index (χ3n) is 2.95. The highest BCUT2D eigenvalue weighted by molar-refractivity contribution is 5.85. The van der Waals surface area contributed by atoms with E-state index in [0.29, 0.717) is 0 Å². The van der Waals surface area contributed by atoms with Crippen molar-refractivity contribution >= 4 is 12.4 Å². The van der Waals surface area contributed by atoms with Crippen LogP contribution in [0.15, 0.2) is 18.2 Å². The lowest BCUT2D eigenvalue weighted by atomic mass is 10.0. The van der Waals surface area contributed by atoms with E-state index in [0.717, 1.165) is 23.5 Å². The number of halogens is 1. The topological polar surface area (TPSA) is 44.5 Å². The van der Waals surface area contributed by atoms with Crippen LogP contribution in [-0.2, 0) is 0 Å². The highest BCUT2D eigenvalue weighted by Crippen LogP contribution is 2.30. The van der Waals surface area contributed by atoms with Crippen molar-refractivity contribution in [1.29, 1.82) is 0 Å². The molecule has 0 bridgehead atoms. The highest BCUT2D eigenvalue weighted by atomic mass is 35.5. The smallest absolute Gasteiger partial charge is 0.161 e. The summed E-state index contributed by atoms with van der Waals surface area (Å²) in [6.45, 7) is 2.20. The maximum absolute atomic E-state index is 6.15. The predicted octanol–water partition coefficient (Wildman–Crippen LogP) is 3.71. The first-order chi connectivity index (χ1) is 8.22. The molecule has 1 atom stereocenters. The predicted molar refractivity (Wildman–Crippen MR) is 77.9 cm³/mol. The van der Waals surface area contributed by atoms with Crippen molar-refractivity contribution in [3.63, 3.8) is 0 Å². The average molecular weight is 274 g/mol. The first kappa shape index (κ1) is 17.1. The highest BCUT2D eigenvalue weighted by Gasteiger charge is 2.10. The van der Waals surface area contributed by atoms with Crippen LogP contribution in [0, 0.1) is 0 Å². The number of nitrogens with two attached hydrogens (primary N) is 1. The van der Waals surface area contributed by atoms with Crippen LogP contribution in [0.5, 0.6) is 11.5 Å². The van der Waals surface area contributed by atoms with Crippen molar-refractivity contribution < 1.29 is 9.47 Å². The van der Waals surface area contributed by atoms with E-state index in [1.54, 1.807) is 14.2 Å². The molecule has 18 heavy (non-hydrogen) atoms. The van der Waals surface area contributed by atoms with E-state index in [1.807, 2.05) is 18.2 Å². The van der Waals surface area contributed by atoms with Gasteiger partial charge < -0.3 is 15.2 Å². The maximum atomic E-state index is 6.15. The van der Waals surface area contributed by atoms with E-state index in [9.17, 15) is 0 Å². The third-order valence-corrected chi connectivity index (χ3v) is 2.95. The van der Waals surface area contributed by atoms with Crippen LogP contribution in [-0.4, -0.2) is 14.2 Å². The summed E-state index contributed by atoms with van der Waals surface area (Å²) in [4.78, 5) is 0. The lowest BCUT2D eigenvalue weighted by Crippen LogP contribution is -2.10. The summed E-state index contributed by atoms with van der Waals surface area (Å²) in [6, 6.07) is 5.97. The van der Waals surface area contributed by atoms with Crippen LogP contribution >= 0.6 is 12.4 Å². The van der Waals surface area contributed by atoms with Gasteiger partial charge in [-0.05, 0) is 24.1 Å². The molecule has 0 unspecified atom stereocenters. The Morgan fingerprint density at radius 1 is 1.11 bits per heavy atom. The summed E-state index contributed by atoms with van der Waals surface area (Å²) < 4.78 is 10.5. The second-order valence-electron chi connectivity index (χ2n) is 4.22. The summed E-state index contributed by atoms with van der Waals surface area (Å²) in [5.41, 5.74) is 7.26. The number of hydrogen-bond donors (Lipinski definition) is 1. The van der Waals surface area contributed by atoms with E-state index in [2.05, 4.69) is 6.92 Å². The van der Waals surface area contributed by atoms with Gasteiger partial charge in [0, 0.05) is 6.04 Å². The minimum atomic E-state index is 0. The molecule has 0 aliphatic heterocycles. The summed E-state index contributed by atoms with van der Waals surface area (Å²) >= 11 is 0. The zero-order chi connectivity index (χ0) is 12.7. The molecule has 2 N–H and O–H groups in total. The summed E-state index contributed by atoms with van der Waals surface area (Å²) in [5.74, 6) is 1.49. The van der Waals surface area contributed by atoms with Gasteiger partial charge in [0.15, 0.2) is 11.5 Å². The van der Waals surface area contributed by atoms with Crippen LogP contribution < -0.4 is 15.2 Å². The molecule has 0 saturated heterocycles. The zero-order valence-corrected chi connectivity index (χ0v) is 12.3. The number of methoxy groups -OCH3 is 2. The van der Waals surface area contributed by atoms with Gasteiger partial charge in [0.1, 0.15) is 0 Å². The van der Waals surface area contributed by atoms with Crippen LogP contribution in [0.25, 0.3) is 0 Å². The Balaban J connectivity index is 0.00000289. The van der Waals surface area contributed by atoms with Gasteiger partial charge in [0.25, 0.3) is 0 Å². The molecular formula is C14H24ClNO2. The van der Waals surface area contributed by atoms with Gasteiger partial charge in [-0.15, -0.1) is 12.4 Å². The molecule has 1 aromatic rings. The van der Waals surface area contributed by atoms with Gasteiger partial charge in [0.05, 0.1) is 14.2 Å². The van der Waals surface area contributed by atoms with Crippen molar-refractivity contribution in [2.45, 2.75) is 38.6 Å². The van der Waals surface area contributed by atoms with Crippen molar-refractivity contribution in [1.82, 2.24) is 0 Å². The number of unbranched alkanes of at least 4 members (excludes halogenated alkanes) is 2. The quantitative estimate of drug-likeness (QED) is 0.771. The van der Waals surface area contributed by atoms with E-state index >= 15 is 0 Å². The molecule has 0 aromatic heterocycles. The molecule has 104 valence electrons. The van der Waals surface area contributed by atoms with Gasteiger partial charge in [-0.3, -0.25) is 0 Å². The molecule has 0 amide bonds. The van der Waals surface area contributed by atoms with E-state index in [-0.39, 0.29) is 18.4 Å². The molecule has 1 aromatic carbocycles. The number of ether oxygens (including phenoxy) is 2. The average Bonchev–Trinajstić information content (AvgIpc) is 2.38. The Labute approximate surface area is 116 Å². The fourth-order valence-electron chi connectivity index (χ4n) is 1.86. The van der Waals surface area contributed by atoms with E-state index in [4.69, 9.17) is 15.2 Å². The lowest BCUT2D eigenvalue weighted by Gasteiger charge is -2.14. The minimum absolute atomic E-state index is 0. The van der Waals surface area contributed by atoms with Gasteiger partial charge in [-0.25, -0.2) is 0 Å². The Hall–Kier alpha value is -0.930. The van der Waals surface area contributed by atoms with E-state index < -0.39 is 0 Å². The fraction of sp³-hybridized carbons (Fsp3) is 0.571. The molecule has 3 nitrogen and oxygen atoms in total. The summed E-state index contributed by atoms with van der Waals surface area (Å²) in [6.07, 6.45) is 4.65. The standard InChI is InChI=1S/C14H23NO2.ClH/c1-4-5-6-7-12(15)11-8-9-13(16-2)14(10-11)17-3;/h8-10,12H,4-7,15H2,1-3H3;1H/t12-;/m0./s1. The van der Waals surface area contributed by atoms with Crippen LogP contribution in [0.2, 0.25) is 0 Å². The normalized spacial score (nSPS) is 11.6. The Morgan fingerprint density at radius 3 is 2.33 bits per heavy atom. The van der Waals surface area contributed by atoms with Crippen molar-refractivity contribution in [3.05, 3.63) is 23.8 Å². The number of rotatable bonds is 7. The van der Waals surface area contributed by atoms with Crippen molar-refractivity contribution in [2.24, 2.45) is 5.73 Å². The second kappa shape index (κ2) is 9.06. The number of hydrogen-bond acceptors (Lipinski definition) is 3. The Bertz CT molecular complexity index is 345. The molecule has 0 heterocycles. The maximum Gasteiger partial charge on any atom is 0.161 e. The molecule has 0 spiro atoms. The van der Waals surface area contributed by atoms with Crippen LogP contribution in [0.1, 0.15) is 44.2 Å². The first-order valence-corrected chi connectivity index (χ1v) is 6.20. The van der Waals surface area contributed by atoms with Gasteiger partial charge in [-0.2, -0.15) is 0 Å². The van der Waals surface area contributed by atoms with E-state index in [1.165, 1.54) is 19.3 Å². The number of benzene rings is 1. The molecule has 1 rings (SSSR count). The molecular weight excluding hydrogens is 250 g/mol. The Morgan fingerprint density at radius 2 is 1.78 bits per heavy atom. The fourth-order valence-corrected chi connectivity index (χ4v) is 1.86. The second-order valence-corrected chi connectivity index (χ2v) is 4.22. The zero-order valence-electron chi connectivity index (χ0n) is 11.4. The van der Waals surface area contributed by atoms with Gasteiger partial charge in [0.2, 0.25) is 0 Å². The van der Waals surface area contributed by atoms with Crippen LogP contribution in [0.4, 0.5) is 0 Å². The SMILES string of the molecule is CCCCC[C@H](N)c1ccc(OC)c(OC)c1.Cl. The Kier molecular flexibility index (Phi) is 8.59. The van der Waals surface area contributed by atoms with Gasteiger partial charge >= 0.3 is 0 Å². The molecule has 0 aliphatic carbocycles. The largest absolute Gasteiger partial charge is 0.493 e. The van der Waals surface area contributed by atoms with Crippen molar-refractivity contribution in [3.8, 4) is 11.5 Å². The lowest BCUT2D eigenvalue weighted by molar-refractivity contribution is 0.354. The minimum Gasteiger partial charge on any atom is -0.493 e. The molecule has 0 saturated carbocycles. The molecule has 0 radical (unpaired) electrons. The van der Waals surface area contributed by atoms with Gasteiger partial charge in [-0.1, -0.05) is 32.3 Å². The van der Waals surface area contributed by atoms with Crippen molar-refractivity contribution in [2.75, 3.05) is 14.2 Å². The summed E-state index contributed by atoms with van der Waals surface area (Å²) in [7, 11) is 3.28. The monoisotopic (exact) mass is 273 g/mol.